The number of nitrogens with zero attached hydrogens (tertiary/aromatic N) is 1. The number of halogens is 1. The quantitative estimate of drug-likeness (QED) is 0.755. The molecule has 0 saturated carbocycles. The fourth-order valence-electron chi connectivity index (χ4n) is 1.66. The minimum Gasteiger partial charge on any atom is -0.350 e. The molecule has 3 N–H and O–H groups in total. The number of hydrogen-bond donors (Lipinski definition) is 3. The Bertz CT molecular complexity index is 415. The second-order valence-corrected chi connectivity index (χ2v) is 4.82. The van der Waals surface area contributed by atoms with Crippen LogP contribution in [-0.4, -0.2) is 28.5 Å². The molecule has 1 atom stereocenters. The fourth-order valence-corrected chi connectivity index (χ4v) is 1.80. The SMILES string of the molecule is C=C(Br)CNC(=O)C1Cc2nc[nH]c2CN1. The lowest BCUT2D eigenvalue weighted by Crippen LogP contribution is -2.47. The molecule has 0 aromatic carbocycles. The van der Waals surface area contributed by atoms with Gasteiger partial charge in [0.15, 0.2) is 0 Å². The number of H-pyrrole nitrogens is 1. The number of aromatic nitrogens is 2. The normalized spacial score (nSPS) is 18.9. The van der Waals surface area contributed by atoms with Gasteiger partial charge < -0.3 is 10.3 Å². The zero-order valence-corrected chi connectivity index (χ0v) is 10.3. The molecule has 0 bridgehead atoms. The van der Waals surface area contributed by atoms with Crippen LogP contribution in [0.15, 0.2) is 17.4 Å². The Hall–Kier alpha value is -1.14. The summed E-state index contributed by atoms with van der Waals surface area (Å²) in [4.78, 5) is 19.0. The molecule has 1 amide bonds. The van der Waals surface area contributed by atoms with Crippen molar-refractivity contribution < 1.29 is 4.79 Å². The van der Waals surface area contributed by atoms with E-state index in [1.54, 1.807) is 6.33 Å². The van der Waals surface area contributed by atoms with E-state index in [4.69, 9.17) is 0 Å². The van der Waals surface area contributed by atoms with Crippen LogP contribution in [0.1, 0.15) is 11.4 Å². The van der Waals surface area contributed by atoms with Crippen LogP contribution in [-0.2, 0) is 17.8 Å². The predicted molar refractivity (Wildman–Crippen MR) is 64.0 cm³/mol. The van der Waals surface area contributed by atoms with Gasteiger partial charge >= 0.3 is 0 Å². The molecule has 1 aliphatic rings. The van der Waals surface area contributed by atoms with Gasteiger partial charge in [0.05, 0.1) is 23.8 Å². The number of aromatic amines is 1. The molecule has 2 heterocycles. The molecule has 1 aliphatic heterocycles. The van der Waals surface area contributed by atoms with Crippen molar-refractivity contribution >= 4 is 21.8 Å². The lowest BCUT2D eigenvalue weighted by Gasteiger charge is -2.22. The Morgan fingerprint density at radius 2 is 2.56 bits per heavy atom. The topological polar surface area (TPSA) is 69.8 Å². The van der Waals surface area contributed by atoms with E-state index in [-0.39, 0.29) is 11.9 Å². The van der Waals surface area contributed by atoms with E-state index in [1.807, 2.05) is 0 Å². The number of nitrogens with one attached hydrogen (secondary N) is 3. The van der Waals surface area contributed by atoms with Crippen molar-refractivity contribution in [2.24, 2.45) is 0 Å². The highest BCUT2D eigenvalue weighted by atomic mass is 79.9. The van der Waals surface area contributed by atoms with Crippen LogP contribution in [0.4, 0.5) is 0 Å². The van der Waals surface area contributed by atoms with Gasteiger partial charge in [-0.05, 0) is 0 Å². The van der Waals surface area contributed by atoms with Crippen molar-refractivity contribution in [1.29, 1.82) is 0 Å². The lowest BCUT2D eigenvalue weighted by molar-refractivity contribution is -0.123. The zero-order valence-electron chi connectivity index (χ0n) is 8.72. The van der Waals surface area contributed by atoms with Crippen LogP contribution >= 0.6 is 15.9 Å². The Kier molecular flexibility index (Phi) is 3.40. The third-order valence-corrected chi connectivity index (χ3v) is 2.78. The van der Waals surface area contributed by atoms with Crippen molar-refractivity contribution in [2.75, 3.05) is 6.54 Å². The molecule has 0 spiro atoms. The molecule has 86 valence electrons. The van der Waals surface area contributed by atoms with Crippen molar-refractivity contribution in [1.82, 2.24) is 20.6 Å². The molecule has 1 aromatic heterocycles. The van der Waals surface area contributed by atoms with Crippen LogP contribution in [0.2, 0.25) is 0 Å². The Balaban J connectivity index is 1.93. The zero-order chi connectivity index (χ0) is 11.5. The highest BCUT2D eigenvalue weighted by Gasteiger charge is 2.25. The van der Waals surface area contributed by atoms with Gasteiger partial charge in [0.25, 0.3) is 0 Å². The maximum Gasteiger partial charge on any atom is 0.237 e. The van der Waals surface area contributed by atoms with Gasteiger partial charge in [-0.3, -0.25) is 10.1 Å². The Morgan fingerprint density at radius 3 is 3.31 bits per heavy atom. The highest BCUT2D eigenvalue weighted by Crippen LogP contribution is 2.12. The summed E-state index contributed by atoms with van der Waals surface area (Å²) in [6.07, 6.45) is 2.28. The van der Waals surface area contributed by atoms with Gasteiger partial charge in [0, 0.05) is 24.0 Å². The van der Waals surface area contributed by atoms with Crippen LogP contribution in [0.3, 0.4) is 0 Å². The monoisotopic (exact) mass is 284 g/mol. The third-order valence-electron chi connectivity index (χ3n) is 2.50. The smallest absolute Gasteiger partial charge is 0.237 e. The van der Waals surface area contributed by atoms with Crippen LogP contribution in [0, 0.1) is 0 Å². The Labute approximate surface area is 102 Å². The predicted octanol–water partition coefficient (Wildman–Crippen LogP) is 0.449. The molecule has 5 nitrogen and oxygen atoms in total. The van der Waals surface area contributed by atoms with E-state index >= 15 is 0 Å². The number of fused-ring (bicyclic) bond motifs is 1. The minimum absolute atomic E-state index is 0.0192. The standard InChI is InChI=1S/C10H13BrN4O/c1-6(11)3-13-10(16)8-2-7-9(4-12-8)15-5-14-7/h5,8,12H,1-4H2,(H,13,16)(H,14,15). The number of rotatable bonds is 3. The van der Waals surface area contributed by atoms with Crippen molar-refractivity contribution in [3.8, 4) is 0 Å². The largest absolute Gasteiger partial charge is 0.350 e. The summed E-state index contributed by atoms with van der Waals surface area (Å²) in [5, 5.41) is 5.95. The van der Waals surface area contributed by atoms with Crippen molar-refractivity contribution in [3.63, 3.8) is 0 Å². The second kappa shape index (κ2) is 4.80. The van der Waals surface area contributed by atoms with Gasteiger partial charge in [-0.15, -0.1) is 0 Å². The number of amides is 1. The summed E-state index contributed by atoms with van der Waals surface area (Å²) < 4.78 is 0.761. The van der Waals surface area contributed by atoms with Gasteiger partial charge in [-0.25, -0.2) is 4.98 Å². The summed E-state index contributed by atoms with van der Waals surface area (Å²) in [6, 6.07) is -0.206. The molecule has 1 aromatic rings. The average Bonchev–Trinajstić information content (AvgIpc) is 2.72. The summed E-state index contributed by atoms with van der Waals surface area (Å²) in [5.41, 5.74) is 2.03. The number of imidazole rings is 1. The van der Waals surface area contributed by atoms with E-state index < -0.39 is 0 Å². The van der Waals surface area contributed by atoms with Crippen LogP contribution in [0.25, 0.3) is 0 Å². The molecule has 0 fully saturated rings. The summed E-state index contributed by atoms with van der Waals surface area (Å²) in [6.45, 7) is 4.77. The summed E-state index contributed by atoms with van der Waals surface area (Å²) in [5.74, 6) is -0.0192. The van der Waals surface area contributed by atoms with Gasteiger partial charge in [-0.1, -0.05) is 22.5 Å². The van der Waals surface area contributed by atoms with E-state index in [9.17, 15) is 4.79 Å². The molecule has 2 rings (SSSR count). The first-order valence-corrected chi connectivity index (χ1v) is 5.81. The second-order valence-electron chi connectivity index (χ2n) is 3.70. The third kappa shape index (κ3) is 2.51. The van der Waals surface area contributed by atoms with Gasteiger partial charge in [0.1, 0.15) is 0 Å². The molecule has 0 saturated heterocycles. The minimum atomic E-state index is -0.206. The van der Waals surface area contributed by atoms with Gasteiger partial charge in [0.2, 0.25) is 5.91 Å². The maximum absolute atomic E-state index is 11.8. The number of hydrogen-bond acceptors (Lipinski definition) is 3. The number of carbonyl (C=O) groups excluding carboxylic acids is 1. The molecule has 0 radical (unpaired) electrons. The fraction of sp³-hybridized carbons (Fsp3) is 0.400. The van der Waals surface area contributed by atoms with Crippen LogP contribution in [0.5, 0.6) is 0 Å². The molecule has 6 heteroatoms. The summed E-state index contributed by atoms with van der Waals surface area (Å²) >= 11 is 3.20. The van der Waals surface area contributed by atoms with E-state index in [0.717, 1.165) is 15.9 Å². The van der Waals surface area contributed by atoms with Crippen molar-refractivity contribution in [2.45, 2.75) is 19.0 Å². The molecular weight excluding hydrogens is 272 g/mol. The first-order chi connectivity index (χ1) is 7.66. The number of carbonyl (C=O) groups is 1. The molecule has 16 heavy (non-hydrogen) atoms. The summed E-state index contributed by atoms with van der Waals surface area (Å²) in [7, 11) is 0. The van der Waals surface area contributed by atoms with Crippen LogP contribution < -0.4 is 10.6 Å². The Morgan fingerprint density at radius 1 is 1.75 bits per heavy atom. The van der Waals surface area contributed by atoms with E-state index in [0.29, 0.717) is 19.5 Å². The first kappa shape index (κ1) is 11.3. The van der Waals surface area contributed by atoms with Gasteiger partial charge in [-0.2, -0.15) is 0 Å². The molecule has 1 unspecified atom stereocenters. The molecule has 0 aliphatic carbocycles. The first-order valence-electron chi connectivity index (χ1n) is 5.02. The lowest BCUT2D eigenvalue weighted by atomic mass is 10.0. The molecular formula is C10H13BrN4O. The van der Waals surface area contributed by atoms with Crippen molar-refractivity contribution in [3.05, 3.63) is 28.8 Å². The van der Waals surface area contributed by atoms with E-state index in [1.165, 1.54) is 0 Å². The maximum atomic E-state index is 11.8. The van der Waals surface area contributed by atoms with E-state index in [2.05, 4.69) is 43.1 Å². The highest BCUT2D eigenvalue weighted by molar-refractivity contribution is 9.11. The average molecular weight is 285 g/mol.